The van der Waals surface area contributed by atoms with Crippen molar-refractivity contribution in [3.8, 4) is 0 Å². The van der Waals surface area contributed by atoms with E-state index in [0.717, 1.165) is 28.8 Å². The number of morpholine rings is 1. The lowest BCUT2D eigenvalue weighted by atomic mass is 10.2. The van der Waals surface area contributed by atoms with Gasteiger partial charge < -0.3 is 15.0 Å². The molecule has 30 heavy (non-hydrogen) atoms. The van der Waals surface area contributed by atoms with Crippen molar-refractivity contribution in [2.45, 2.75) is 6.92 Å². The smallest absolute Gasteiger partial charge is 0.250 e. The van der Waals surface area contributed by atoms with Gasteiger partial charge in [0.15, 0.2) is 0 Å². The lowest BCUT2D eigenvalue weighted by Crippen LogP contribution is -2.37. The highest BCUT2D eigenvalue weighted by Crippen LogP contribution is 2.21. The molecule has 8 nitrogen and oxygen atoms in total. The van der Waals surface area contributed by atoms with Crippen LogP contribution in [0.3, 0.4) is 0 Å². The van der Waals surface area contributed by atoms with Crippen LogP contribution in [0.4, 0.5) is 23.5 Å². The van der Waals surface area contributed by atoms with Crippen molar-refractivity contribution in [1.82, 2.24) is 15.0 Å². The van der Waals surface area contributed by atoms with E-state index in [1.54, 1.807) is 6.21 Å². The van der Waals surface area contributed by atoms with E-state index in [4.69, 9.17) is 4.74 Å². The number of anilines is 4. The number of hydrogen-bond acceptors (Lipinski definition) is 8. The maximum absolute atomic E-state index is 5.44. The van der Waals surface area contributed by atoms with Gasteiger partial charge in [-0.25, -0.2) is 5.43 Å². The first-order chi connectivity index (χ1) is 14.7. The fourth-order valence-electron chi connectivity index (χ4n) is 2.89. The first-order valence-corrected chi connectivity index (χ1v) is 10.4. The third kappa shape index (κ3) is 5.52. The van der Waals surface area contributed by atoms with Crippen LogP contribution >= 0.6 is 15.9 Å². The number of halogens is 1. The van der Waals surface area contributed by atoms with Gasteiger partial charge in [-0.2, -0.15) is 20.1 Å². The summed E-state index contributed by atoms with van der Waals surface area (Å²) in [6.07, 6.45) is 1.74. The molecule has 1 aromatic heterocycles. The van der Waals surface area contributed by atoms with E-state index >= 15 is 0 Å². The van der Waals surface area contributed by atoms with Crippen LogP contribution in [0.5, 0.6) is 0 Å². The van der Waals surface area contributed by atoms with Gasteiger partial charge in [-0.1, -0.05) is 51.8 Å². The molecule has 0 radical (unpaired) electrons. The topological polar surface area (TPSA) is 87.6 Å². The van der Waals surface area contributed by atoms with E-state index in [-0.39, 0.29) is 0 Å². The van der Waals surface area contributed by atoms with Crippen molar-refractivity contribution in [3.05, 3.63) is 64.1 Å². The molecule has 3 aromatic rings. The molecular formula is C21H22BrN7O. The minimum atomic E-state index is 0.368. The Hall–Kier alpha value is -3.04. The standard InChI is InChI=1S/C21H22BrN7O/c1-15-5-7-16(8-6-15)14-23-28-20-25-19(24-18-4-2-3-17(22)13-18)26-21(27-20)29-9-11-30-12-10-29/h2-8,13-14H,9-12H2,1H3,(H2,24,25,26,27,28)/b23-14+. The van der Waals surface area contributed by atoms with Gasteiger partial charge in [-0.05, 0) is 30.7 Å². The maximum atomic E-state index is 5.44. The van der Waals surface area contributed by atoms with Crippen LogP contribution in [0.25, 0.3) is 0 Å². The minimum Gasteiger partial charge on any atom is -0.378 e. The Morgan fingerprint density at radius 2 is 1.80 bits per heavy atom. The van der Waals surface area contributed by atoms with Crippen molar-refractivity contribution in [3.63, 3.8) is 0 Å². The fourth-order valence-corrected chi connectivity index (χ4v) is 3.29. The second-order valence-corrected chi connectivity index (χ2v) is 7.71. The van der Waals surface area contributed by atoms with Gasteiger partial charge in [0.05, 0.1) is 19.4 Å². The third-order valence-corrected chi connectivity index (χ3v) is 4.95. The normalized spacial score (nSPS) is 14.1. The molecule has 0 spiro atoms. The number of nitrogens with zero attached hydrogens (tertiary/aromatic N) is 5. The van der Waals surface area contributed by atoms with E-state index in [9.17, 15) is 0 Å². The molecule has 1 aliphatic rings. The van der Waals surface area contributed by atoms with E-state index < -0.39 is 0 Å². The summed E-state index contributed by atoms with van der Waals surface area (Å²) >= 11 is 3.48. The van der Waals surface area contributed by atoms with Crippen LogP contribution in [-0.2, 0) is 4.74 Å². The van der Waals surface area contributed by atoms with Gasteiger partial charge in [-0.15, -0.1) is 0 Å². The van der Waals surface area contributed by atoms with E-state index in [1.165, 1.54) is 5.56 Å². The summed E-state index contributed by atoms with van der Waals surface area (Å²) in [6, 6.07) is 15.9. The number of benzene rings is 2. The predicted octanol–water partition coefficient (Wildman–Crippen LogP) is 3.97. The van der Waals surface area contributed by atoms with Crippen molar-refractivity contribution in [2.24, 2.45) is 5.10 Å². The molecule has 4 rings (SSSR count). The third-order valence-electron chi connectivity index (χ3n) is 4.45. The molecule has 1 aliphatic heterocycles. The first-order valence-electron chi connectivity index (χ1n) is 9.63. The number of aromatic nitrogens is 3. The fraction of sp³-hybridized carbons (Fsp3) is 0.238. The Kier molecular flexibility index (Phi) is 6.50. The molecule has 0 amide bonds. The van der Waals surface area contributed by atoms with Gasteiger partial charge in [0.2, 0.25) is 17.8 Å². The van der Waals surface area contributed by atoms with E-state index in [1.807, 2.05) is 48.5 Å². The van der Waals surface area contributed by atoms with E-state index in [2.05, 4.69) is 58.5 Å². The van der Waals surface area contributed by atoms with Gasteiger partial charge in [0, 0.05) is 23.2 Å². The Morgan fingerprint density at radius 3 is 2.57 bits per heavy atom. The monoisotopic (exact) mass is 467 g/mol. The summed E-state index contributed by atoms with van der Waals surface area (Å²) in [6.45, 7) is 4.80. The SMILES string of the molecule is Cc1ccc(/C=N/Nc2nc(Nc3cccc(Br)c3)nc(N3CCOCC3)n2)cc1. The molecule has 0 atom stereocenters. The number of rotatable bonds is 6. The number of aryl methyl sites for hydroxylation is 1. The molecule has 154 valence electrons. The summed E-state index contributed by atoms with van der Waals surface area (Å²) in [5.74, 6) is 1.39. The van der Waals surface area contributed by atoms with Crippen molar-refractivity contribution >= 4 is 45.7 Å². The van der Waals surface area contributed by atoms with Crippen molar-refractivity contribution < 1.29 is 4.74 Å². The number of hydrogen-bond donors (Lipinski definition) is 2. The molecule has 0 aliphatic carbocycles. The molecule has 2 heterocycles. The number of ether oxygens (including phenoxy) is 1. The Balaban J connectivity index is 1.56. The highest BCUT2D eigenvalue weighted by atomic mass is 79.9. The molecule has 0 bridgehead atoms. The summed E-state index contributed by atoms with van der Waals surface area (Å²) < 4.78 is 6.41. The van der Waals surface area contributed by atoms with Crippen LogP contribution in [-0.4, -0.2) is 47.5 Å². The van der Waals surface area contributed by atoms with Crippen molar-refractivity contribution in [2.75, 3.05) is 41.9 Å². The molecule has 0 unspecified atom stereocenters. The molecule has 2 aromatic carbocycles. The predicted molar refractivity (Wildman–Crippen MR) is 123 cm³/mol. The van der Waals surface area contributed by atoms with Crippen molar-refractivity contribution in [1.29, 1.82) is 0 Å². The van der Waals surface area contributed by atoms with Crippen LogP contribution < -0.4 is 15.6 Å². The highest BCUT2D eigenvalue weighted by Gasteiger charge is 2.16. The average molecular weight is 468 g/mol. The summed E-state index contributed by atoms with van der Waals surface area (Å²) in [5, 5.41) is 7.52. The largest absolute Gasteiger partial charge is 0.378 e. The quantitative estimate of drug-likeness (QED) is 0.418. The lowest BCUT2D eigenvalue weighted by molar-refractivity contribution is 0.122. The Morgan fingerprint density at radius 1 is 1.03 bits per heavy atom. The van der Waals surface area contributed by atoms with E-state index in [0.29, 0.717) is 31.1 Å². The summed E-state index contributed by atoms with van der Waals surface area (Å²) in [4.78, 5) is 15.7. The van der Waals surface area contributed by atoms with Crippen LogP contribution in [0.2, 0.25) is 0 Å². The average Bonchev–Trinajstić information content (AvgIpc) is 2.76. The Bertz CT molecular complexity index is 1020. The zero-order valence-corrected chi connectivity index (χ0v) is 18.1. The lowest BCUT2D eigenvalue weighted by Gasteiger charge is -2.27. The molecule has 9 heteroatoms. The molecular weight excluding hydrogens is 446 g/mol. The summed E-state index contributed by atoms with van der Waals surface area (Å²) in [7, 11) is 0. The first kappa shape index (κ1) is 20.2. The molecule has 1 saturated heterocycles. The van der Waals surface area contributed by atoms with Gasteiger partial charge in [-0.3, -0.25) is 0 Å². The minimum absolute atomic E-state index is 0.368. The number of nitrogens with one attached hydrogen (secondary N) is 2. The molecule has 2 N–H and O–H groups in total. The van der Waals surface area contributed by atoms with Gasteiger partial charge in [0.25, 0.3) is 0 Å². The van der Waals surface area contributed by atoms with Gasteiger partial charge >= 0.3 is 0 Å². The highest BCUT2D eigenvalue weighted by molar-refractivity contribution is 9.10. The second kappa shape index (κ2) is 9.64. The van der Waals surface area contributed by atoms with Crippen LogP contribution in [0, 0.1) is 6.92 Å². The van der Waals surface area contributed by atoms with Gasteiger partial charge in [0.1, 0.15) is 0 Å². The zero-order valence-electron chi connectivity index (χ0n) is 16.5. The maximum Gasteiger partial charge on any atom is 0.250 e. The Labute approximate surface area is 183 Å². The van der Waals surface area contributed by atoms with Crippen LogP contribution in [0.15, 0.2) is 58.1 Å². The molecule has 1 fully saturated rings. The van der Waals surface area contributed by atoms with Crippen LogP contribution in [0.1, 0.15) is 11.1 Å². The molecule has 0 saturated carbocycles. The zero-order chi connectivity index (χ0) is 20.8. The second-order valence-electron chi connectivity index (χ2n) is 6.80. The number of hydrazone groups is 1. The summed E-state index contributed by atoms with van der Waals surface area (Å²) in [5.41, 5.74) is 5.99.